The van der Waals surface area contributed by atoms with Crippen molar-refractivity contribution in [3.05, 3.63) is 48.0 Å². The number of fused-ring (bicyclic) bond motifs is 1. The molecule has 4 nitrogen and oxygen atoms in total. The van der Waals surface area contributed by atoms with Crippen LogP contribution >= 0.6 is 0 Å². The molecule has 0 aromatic heterocycles. The first-order valence-corrected chi connectivity index (χ1v) is 7.88. The van der Waals surface area contributed by atoms with Crippen molar-refractivity contribution >= 4 is 11.8 Å². The number of carbonyl (C=O) groups is 2. The fourth-order valence-corrected chi connectivity index (χ4v) is 3.30. The van der Waals surface area contributed by atoms with Crippen LogP contribution in [0.4, 0.5) is 0 Å². The van der Waals surface area contributed by atoms with Gasteiger partial charge in [0.1, 0.15) is 6.61 Å². The summed E-state index contributed by atoms with van der Waals surface area (Å²) in [6.45, 7) is 1.65. The van der Waals surface area contributed by atoms with E-state index in [9.17, 15) is 9.59 Å². The molecular weight excluding hydrogens is 278 g/mol. The molecule has 1 atom stereocenters. The van der Waals surface area contributed by atoms with Gasteiger partial charge in [-0.1, -0.05) is 42.5 Å². The standard InChI is InChI=1S/C18H21NO3/c20-16-10-13-19-12-7-2-1-6-11-18(16,19)17(21)22-14-15-8-4-3-5-9-15/h1,3-6,8-9H,2,7,10-14H2/b6-1-/t18-/m1/s1. The summed E-state index contributed by atoms with van der Waals surface area (Å²) in [5.41, 5.74) is -0.156. The van der Waals surface area contributed by atoms with Gasteiger partial charge in [-0.3, -0.25) is 9.69 Å². The van der Waals surface area contributed by atoms with Gasteiger partial charge in [-0.25, -0.2) is 4.79 Å². The molecule has 3 rings (SSSR count). The molecule has 0 unspecified atom stereocenters. The number of hydrogen-bond acceptors (Lipinski definition) is 4. The van der Waals surface area contributed by atoms with E-state index in [4.69, 9.17) is 4.74 Å². The van der Waals surface area contributed by atoms with Gasteiger partial charge in [0.2, 0.25) is 0 Å². The highest BCUT2D eigenvalue weighted by Gasteiger charge is 2.54. The molecular formula is C18H21NO3. The van der Waals surface area contributed by atoms with Crippen LogP contribution in [0.25, 0.3) is 0 Å². The van der Waals surface area contributed by atoms with E-state index in [1.54, 1.807) is 0 Å². The molecule has 1 saturated heterocycles. The highest BCUT2D eigenvalue weighted by Crippen LogP contribution is 2.33. The summed E-state index contributed by atoms with van der Waals surface area (Å²) < 4.78 is 5.50. The summed E-state index contributed by atoms with van der Waals surface area (Å²) in [4.78, 5) is 27.2. The highest BCUT2D eigenvalue weighted by molar-refractivity contribution is 6.10. The third-order valence-electron chi connectivity index (χ3n) is 4.54. The third-order valence-corrected chi connectivity index (χ3v) is 4.54. The van der Waals surface area contributed by atoms with Crippen LogP contribution in [0.15, 0.2) is 42.5 Å². The fourth-order valence-electron chi connectivity index (χ4n) is 3.30. The molecule has 0 N–H and O–H groups in total. The summed E-state index contributed by atoms with van der Waals surface area (Å²) >= 11 is 0. The first kappa shape index (κ1) is 15.0. The summed E-state index contributed by atoms with van der Waals surface area (Å²) in [6.07, 6.45) is 6.86. The van der Waals surface area contributed by atoms with E-state index >= 15 is 0 Å². The van der Waals surface area contributed by atoms with E-state index < -0.39 is 11.5 Å². The van der Waals surface area contributed by atoms with E-state index in [0.29, 0.717) is 19.4 Å². The van der Waals surface area contributed by atoms with Crippen LogP contribution in [-0.4, -0.2) is 35.3 Å². The van der Waals surface area contributed by atoms with Crippen LogP contribution in [0.5, 0.6) is 0 Å². The third kappa shape index (κ3) is 2.71. The summed E-state index contributed by atoms with van der Waals surface area (Å²) in [6, 6.07) is 9.57. The van der Waals surface area contributed by atoms with E-state index in [-0.39, 0.29) is 12.4 Å². The highest BCUT2D eigenvalue weighted by atomic mass is 16.5. The Balaban J connectivity index is 1.78. The van der Waals surface area contributed by atoms with Crippen LogP contribution in [0.1, 0.15) is 31.2 Å². The maximum absolute atomic E-state index is 12.7. The number of ketones is 1. The number of carbonyl (C=O) groups excluding carboxylic acids is 2. The predicted octanol–water partition coefficient (Wildman–Crippen LogP) is 2.48. The number of allylic oxidation sites excluding steroid dienone is 1. The van der Waals surface area contributed by atoms with Crippen molar-refractivity contribution in [1.29, 1.82) is 0 Å². The lowest BCUT2D eigenvalue weighted by Gasteiger charge is -2.35. The molecule has 0 bridgehead atoms. The van der Waals surface area contributed by atoms with Crippen molar-refractivity contribution in [2.24, 2.45) is 0 Å². The van der Waals surface area contributed by atoms with Crippen LogP contribution in [0.3, 0.4) is 0 Å². The molecule has 4 heteroatoms. The van der Waals surface area contributed by atoms with E-state index in [2.05, 4.69) is 6.08 Å². The first-order valence-electron chi connectivity index (χ1n) is 7.88. The number of benzene rings is 1. The molecule has 0 aliphatic carbocycles. The summed E-state index contributed by atoms with van der Waals surface area (Å²) in [7, 11) is 0. The Bertz CT molecular complexity index is 581. The Hall–Kier alpha value is -1.94. The van der Waals surface area contributed by atoms with Crippen molar-refractivity contribution < 1.29 is 14.3 Å². The molecule has 1 aromatic carbocycles. The molecule has 2 aliphatic rings. The van der Waals surface area contributed by atoms with Crippen molar-refractivity contribution in [2.45, 2.75) is 37.8 Å². The van der Waals surface area contributed by atoms with Crippen LogP contribution < -0.4 is 0 Å². The molecule has 2 aliphatic heterocycles. The van der Waals surface area contributed by atoms with E-state index in [0.717, 1.165) is 24.9 Å². The molecule has 1 aromatic rings. The molecule has 0 radical (unpaired) electrons. The van der Waals surface area contributed by atoms with Gasteiger partial charge in [-0.15, -0.1) is 0 Å². The number of rotatable bonds is 3. The average molecular weight is 299 g/mol. The smallest absolute Gasteiger partial charge is 0.335 e. The second kappa shape index (κ2) is 6.44. The largest absolute Gasteiger partial charge is 0.459 e. The van der Waals surface area contributed by atoms with Gasteiger partial charge < -0.3 is 4.74 Å². The zero-order chi connectivity index (χ0) is 15.4. The second-order valence-electron chi connectivity index (χ2n) is 5.90. The van der Waals surface area contributed by atoms with Gasteiger partial charge in [0, 0.05) is 19.4 Å². The quantitative estimate of drug-likeness (QED) is 0.489. The maximum Gasteiger partial charge on any atom is 0.335 e. The van der Waals surface area contributed by atoms with Crippen molar-refractivity contribution in [3.8, 4) is 0 Å². The number of esters is 1. The Morgan fingerprint density at radius 1 is 1.18 bits per heavy atom. The second-order valence-corrected chi connectivity index (χ2v) is 5.90. The topological polar surface area (TPSA) is 46.6 Å². The lowest BCUT2D eigenvalue weighted by atomic mass is 9.89. The van der Waals surface area contributed by atoms with E-state index in [1.807, 2.05) is 41.3 Å². The van der Waals surface area contributed by atoms with Gasteiger partial charge in [0.15, 0.2) is 11.3 Å². The van der Waals surface area contributed by atoms with Crippen molar-refractivity contribution in [1.82, 2.24) is 4.90 Å². The predicted molar refractivity (Wildman–Crippen MR) is 83.2 cm³/mol. The van der Waals surface area contributed by atoms with Gasteiger partial charge >= 0.3 is 5.97 Å². The number of ether oxygens (including phenoxy) is 1. The molecule has 116 valence electrons. The Labute approximate surface area is 130 Å². The molecule has 2 heterocycles. The average Bonchev–Trinajstić information content (AvgIpc) is 2.82. The zero-order valence-electron chi connectivity index (χ0n) is 12.7. The lowest BCUT2D eigenvalue weighted by Crippen LogP contribution is -2.56. The molecule has 0 spiro atoms. The fraction of sp³-hybridized carbons (Fsp3) is 0.444. The van der Waals surface area contributed by atoms with Gasteiger partial charge in [-0.2, -0.15) is 0 Å². The monoisotopic (exact) mass is 299 g/mol. The van der Waals surface area contributed by atoms with Gasteiger partial charge in [0.05, 0.1) is 0 Å². The van der Waals surface area contributed by atoms with Crippen molar-refractivity contribution in [2.75, 3.05) is 13.1 Å². The molecule has 0 saturated carbocycles. The van der Waals surface area contributed by atoms with Crippen molar-refractivity contribution in [3.63, 3.8) is 0 Å². The summed E-state index contributed by atoms with van der Waals surface area (Å²) in [5, 5.41) is 0. The Morgan fingerprint density at radius 2 is 2.00 bits per heavy atom. The normalized spacial score (nSPS) is 26.8. The number of Topliss-reactive ketones (excluding diaryl/α,β-unsaturated/α-hetero) is 1. The minimum absolute atomic E-state index is 0.00267. The Morgan fingerprint density at radius 3 is 2.82 bits per heavy atom. The van der Waals surface area contributed by atoms with Gasteiger partial charge in [-0.05, 0) is 24.9 Å². The van der Waals surface area contributed by atoms with Crippen LogP contribution in [0, 0.1) is 0 Å². The molecule has 22 heavy (non-hydrogen) atoms. The van der Waals surface area contributed by atoms with Gasteiger partial charge in [0.25, 0.3) is 0 Å². The number of nitrogens with zero attached hydrogens (tertiary/aromatic N) is 1. The van der Waals surface area contributed by atoms with E-state index in [1.165, 1.54) is 0 Å². The SMILES string of the molecule is O=C1CCN2CCC/C=C\C[C@]12C(=O)OCc1ccccc1. The Kier molecular flexibility index (Phi) is 4.39. The van der Waals surface area contributed by atoms with Crippen LogP contribution in [-0.2, 0) is 20.9 Å². The lowest BCUT2D eigenvalue weighted by molar-refractivity contribution is -0.161. The number of hydrogen-bond donors (Lipinski definition) is 0. The minimum Gasteiger partial charge on any atom is -0.459 e. The molecule has 0 amide bonds. The maximum atomic E-state index is 12.7. The summed E-state index contributed by atoms with van der Waals surface area (Å²) in [5.74, 6) is -0.400. The van der Waals surface area contributed by atoms with Crippen LogP contribution in [0.2, 0.25) is 0 Å². The first-order chi connectivity index (χ1) is 10.7. The zero-order valence-corrected chi connectivity index (χ0v) is 12.7. The minimum atomic E-state index is -1.09. The molecule has 1 fully saturated rings.